The van der Waals surface area contributed by atoms with Gasteiger partial charge in [-0.2, -0.15) is 0 Å². The van der Waals surface area contributed by atoms with Crippen molar-refractivity contribution < 1.29 is 0 Å². The van der Waals surface area contributed by atoms with Crippen LogP contribution in [0.3, 0.4) is 0 Å². The lowest BCUT2D eigenvalue weighted by Gasteiger charge is -2.44. The largest absolute Gasteiger partial charge is 0.329 e. The summed E-state index contributed by atoms with van der Waals surface area (Å²) in [6, 6.07) is 12.1. The molecule has 1 aliphatic heterocycles. The summed E-state index contributed by atoms with van der Waals surface area (Å²) in [5.41, 5.74) is 7.48. The highest BCUT2D eigenvalue weighted by Crippen LogP contribution is 2.26. The van der Waals surface area contributed by atoms with Crippen LogP contribution in [0.15, 0.2) is 30.3 Å². The van der Waals surface area contributed by atoms with Gasteiger partial charge in [0, 0.05) is 18.6 Å². The van der Waals surface area contributed by atoms with E-state index in [-0.39, 0.29) is 0 Å². The first-order valence-electron chi connectivity index (χ1n) is 7.76. The second-order valence-corrected chi connectivity index (χ2v) is 5.91. The van der Waals surface area contributed by atoms with Crippen LogP contribution in [0.2, 0.25) is 0 Å². The summed E-state index contributed by atoms with van der Waals surface area (Å²) >= 11 is 0. The van der Waals surface area contributed by atoms with Crippen LogP contribution in [0.25, 0.3) is 0 Å². The molecule has 106 valence electrons. The molecule has 1 aromatic rings. The summed E-state index contributed by atoms with van der Waals surface area (Å²) in [7, 11) is 0. The molecule has 2 nitrogen and oxygen atoms in total. The van der Waals surface area contributed by atoms with Gasteiger partial charge in [0.25, 0.3) is 0 Å². The highest BCUT2D eigenvalue weighted by atomic mass is 15.2. The Morgan fingerprint density at radius 2 is 2.05 bits per heavy atom. The molecular formula is C17H28N2. The molecule has 0 spiro atoms. The molecule has 1 saturated heterocycles. The Bertz CT molecular complexity index is 363. The van der Waals surface area contributed by atoms with Crippen molar-refractivity contribution in [2.24, 2.45) is 11.7 Å². The summed E-state index contributed by atoms with van der Waals surface area (Å²) in [6.45, 7) is 6.68. The Balaban J connectivity index is 2.07. The zero-order valence-electron chi connectivity index (χ0n) is 12.4. The molecule has 0 aromatic heterocycles. The van der Waals surface area contributed by atoms with Gasteiger partial charge in [0.2, 0.25) is 0 Å². The third-order valence-corrected chi connectivity index (χ3v) is 4.65. The minimum absolute atomic E-state index is 0.572. The predicted octanol–water partition coefficient (Wildman–Crippen LogP) is 3.07. The van der Waals surface area contributed by atoms with Crippen molar-refractivity contribution in [3.05, 3.63) is 35.9 Å². The minimum atomic E-state index is 0.572. The highest BCUT2D eigenvalue weighted by molar-refractivity contribution is 5.16. The fraction of sp³-hybridized carbons (Fsp3) is 0.647. The summed E-state index contributed by atoms with van der Waals surface area (Å²) in [6.07, 6.45) is 5.02. The number of piperidine rings is 1. The van der Waals surface area contributed by atoms with Crippen LogP contribution in [0.1, 0.15) is 38.7 Å². The molecule has 0 amide bonds. The topological polar surface area (TPSA) is 29.3 Å². The second-order valence-electron chi connectivity index (χ2n) is 5.91. The van der Waals surface area contributed by atoms with E-state index in [9.17, 15) is 0 Å². The number of nitrogens with two attached hydrogens (primary N) is 1. The summed E-state index contributed by atoms with van der Waals surface area (Å²) in [4.78, 5) is 2.68. The first-order chi connectivity index (χ1) is 9.26. The van der Waals surface area contributed by atoms with Gasteiger partial charge in [-0.1, -0.05) is 44.2 Å². The van der Waals surface area contributed by atoms with Crippen LogP contribution >= 0.6 is 0 Å². The summed E-state index contributed by atoms with van der Waals surface area (Å²) in [5.74, 6) is 0.739. The van der Waals surface area contributed by atoms with E-state index >= 15 is 0 Å². The molecule has 2 rings (SSSR count). The third-order valence-electron chi connectivity index (χ3n) is 4.65. The lowest BCUT2D eigenvalue weighted by Crippen LogP contribution is -2.53. The molecular weight excluding hydrogens is 232 g/mol. The zero-order chi connectivity index (χ0) is 13.7. The van der Waals surface area contributed by atoms with Gasteiger partial charge in [0.1, 0.15) is 0 Å². The highest BCUT2D eigenvalue weighted by Gasteiger charge is 2.31. The van der Waals surface area contributed by atoms with Gasteiger partial charge in [-0.15, -0.1) is 0 Å². The fourth-order valence-electron chi connectivity index (χ4n) is 3.48. The van der Waals surface area contributed by atoms with Crippen molar-refractivity contribution in [1.82, 2.24) is 4.90 Å². The molecule has 1 heterocycles. The van der Waals surface area contributed by atoms with Crippen molar-refractivity contribution >= 4 is 0 Å². The van der Waals surface area contributed by atoms with Gasteiger partial charge in [0.05, 0.1) is 0 Å². The quantitative estimate of drug-likeness (QED) is 0.881. The Kier molecular flexibility index (Phi) is 5.41. The molecule has 1 aliphatic rings. The van der Waals surface area contributed by atoms with E-state index in [1.807, 2.05) is 0 Å². The van der Waals surface area contributed by atoms with E-state index < -0.39 is 0 Å². The van der Waals surface area contributed by atoms with Gasteiger partial charge in [-0.05, 0) is 43.7 Å². The van der Waals surface area contributed by atoms with Crippen LogP contribution in [0.4, 0.5) is 0 Å². The number of benzene rings is 1. The van der Waals surface area contributed by atoms with Crippen molar-refractivity contribution in [2.75, 3.05) is 13.1 Å². The standard InChI is InChI=1S/C17H28N2/c1-3-16(12-15-9-5-4-6-10-15)19-11-7-8-14(2)17(19)13-18/h4-6,9-10,14,16-17H,3,7-8,11-13,18H2,1-2H3. The maximum Gasteiger partial charge on any atom is 0.0247 e. The average Bonchev–Trinajstić information content (AvgIpc) is 2.45. The van der Waals surface area contributed by atoms with E-state index in [2.05, 4.69) is 49.1 Å². The molecule has 0 radical (unpaired) electrons. The number of hydrogen-bond donors (Lipinski definition) is 1. The van der Waals surface area contributed by atoms with Crippen LogP contribution in [0.5, 0.6) is 0 Å². The second kappa shape index (κ2) is 7.06. The molecule has 1 aromatic carbocycles. The van der Waals surface area contributed by atoms with Crippen LogP contribution in [0, 0.1) is 5.92 Å². The molecule has 1 fully saturated rings. The van der Waals surface area contributed by atoms with Crippen LogP contribution in [-0.4, -0.2) is 30.1 Å². The van der Waals surface area contributed by atoms with Crippen LogP contribution < -0.4 is 5.73 Å². The van der Waals surface area contributed by atoms with Gasteiger partial charge < -0.3 is 5.73 Å². The Labute approximate surface area is 118 Å². The van der Waals surface area contributed by atoms with Crippen molar-refractivity contribution in [1.29, 1.82) is 0 Å². The van der Waals surface area contributed by atoms with E-state index in [0.29, 0.717) is 12.1 Å². The molecule has 3 atom stereocenters. The number of nitrogens with zero attached hydrogens (tertiary/aromatic N) is 1. The normalized spacial score (nSPS) is 26.3. The molecule has 3 unspecified atom stereocenters. The van der Waals surface area contributed by atoms with Crippen molar-refractivity contribution in [3.8, 4) is 0 Å². The SMILES string of the molecule is CCC(Cc1ccccc1)N1CCCC(C)C1CN. The van der Waals surface area contributed by atoms with Gasteiger partial charge in [-0.25, -0.2) is 0 Å². The Hall–Kier alpha value is -0.860. The lowest BCUT2D eigenvalue weighted by atomic mass is 9.88. The molecule has 19 heavy (non-hydrogen) atoms. The minimum Gasteiger partial charge on any atom is -0.329 e. The number of likely N-dealkylation sites (tertiary alicyclic amines) is 1. The summed E-state index contributed by atoms with van der Waals surface area (Å²) in [5, 5.41) is 0. The Morgan fingerprint density at radius 1 is 1.32 bits per heavy atom. The molecule has 0 saturated carbocycles. The van der Waals surface area contributed by atoms with Crippen molar-refractivity contribution in [2.45, 2.75) is 51.6 Å². The first-order valence-corrected chi connectivity index (χ1v) is 7.76. The van der Waals surface area contributed by atoms with E-state index in [4.69, 9.17) is 5.73 Å². The van der Waals surface area contributed by atoms with E-state index in [1.54, 1.807) is 0 Å². The third kappa shape index (κ3) is 3.58. The van der Waals surface area contributed by atoms with E-state index in [1.165, 1.54) is 31.4 Å². The van der Waals surface area contributed by atoms with Gasteiger partial charge >= 0.3 is 0 Å². The van der Waals surface area contributed by atoms with E-state index in [0.717, 1.165) is 18.9 Å². The Morgan fingerprint density at radius 3 is 2.68 bits per heavy atom. The maximum absolute atomic E-state index is 6.03. The molecule has 0 aliphatic carbocycles. The maximum atomic E-state index is 6.03. The van der Waals surface area contributed by atoms with Crippen molar-refractivity contribution in [3.63, 3.8) is 0 Å². The fourth-order valence-corrected chi connectivity index (χ4v) is 3.48. The van der Waals surface area contributed by atoms with Gasteiger partial charge in [-0.3, -0.25) is 4.90 Å². The zero-order valence-corrected chi connectivity index (χ0v) is 12.4. The number of hydrogen-bond acceptors (Lipinski definition) is 2. The average molecular weight is 260 g/mol. The number of rotatable bonds is 5. The smallest absolute Gasteiger partial charge is 0.0247 e. The summed E-state index contributed by atoms with van der Waals surface area (Å²) < 4.78 is 0. The molecule has 2 heteroatoms. The van der Waals surface area contributed by atoms with Crippen LogP contribution in [-0.2, 0) is 6.42 Å². The predicted molar refractivity (Wildman–Crippen MR) is 82.2 cm³/mol. The monoisotopic (exact) mass is 260 g/mol. The molecule has 0 bridgehead atoms. The lowest BCUT2D eigenvalue weighted by molar-refractivity contribution is 0.0600. The molecule has 2 N–H and O–H groups in total. The van der Waals surface area contributed by atoms with Gasteiger partial charge in [0.15, 0.2) is 0 Å². The first kappa shape index (κ1) is 14.5.